The van der Waals surface area contributed by atoms with Gasteiger partial charge >= 0.3 is 6.18 Å². The second kappa shape index (κ2) is 8.13. The van der Waals surface area contributed by atoms with Gasteiger partial charge in [0.05, 0.1) is 12.7 Å². The SMILES string of the molecule is COc1ccccc1OCc1ccc(C(=O)Nc2cc(C(F)(F)F)c[nH]c2=O)o1. The average molecular weight is 408 g/mol. The number of halogens is 3. The van der Waals surface area contributed by atoms with Crippen molar-refractivity contribution in [1.82, 2.24) is 4.98 Å². The summed E-state index contributed by atoms with van der Waals surface area (Å²) in [6, 6.07) is 10.3. The van der Waals surface area contributed by atoms with Crippen molar-refractivity contribution in [2.24, 2.45) is 0 Å². The number of methoxy groups -OCH3 is 1. The van der Waals surface area contributed by atoms with Crippen molar-refractivity contribution in [3.05, 3.63) is 76.1 Å². The molecule has 2 heterocycles. The number of pyridine rings is 1. The molecule has 3 rings (SSSR count). The molecule has 1 aromatic carbocycles. The van der Waals surface area contributed by atoms with Gasteiger partial charge in [0.2, 0.25) is 0 Å². The lowest BCUT2D eigenvalue weighted by atomic mass is 10.2. The Morgan fingerprint density at radius 2 is 1.90 bits per heavy atom. The van der Waals surface area contributed by atoms with Crippen LogP contribution in [0.25, 0.3) is 0 Å². The molecule has 0 saturated carbocycles. The number of carbonyl (C=O) groups excluding carboxylic acids is 1. The Morgan fingerprint density at radius 1 is 1.17 bits per heavy atom. The number of amides is 1. The van der Waals surface area contributed by atoms with Crippen molar-refractivity contribution >= 4 is 11.6 Å². The molecule has 0 fully saturated rings. The predicted octanol–water partition coefficient (Wildman–Crippen LogP) is 3.83. The molecule has 1 amide bonds. The number of furan rings is 1. The first-order valence-corrected chi connectivity index (χ1v) is 8.23. The van der Waals surface area contributed by atoms with E-state index in [-0.39, 0.29) is 12.4 Å². The van der Waals surface area contributed by atoms with Gasteiger partial charge < -0.3 is 24.2 Å². The first-order valence-electron chi connectivity index (χ1n) is 8.23. The minimum atomic E-state index is -4.67. The Morgan fingerprint density at radius 3 is 2.59 bits per heavy atom. The molecule has 0 radical (unpaired) electrons. The number of anilines is 1. The molecule has 0 saturated heterocycles. The van der Waals surface area contributed by atoms with E-state index in [1.807, 2.05) is 4.98 Å². The van der Waals surface area contributed by atoms with Gasteiger partial charge in [-0.1, -0.05) is 12.1 Å². The highest BCUT2D eigenvalue weighted by molar-refractivity contribution is 6.02. The van der Waals surface area contributed by atoms with Crippen molar-refractivity contribution in [3.63, 3.8) is 0 Å². The van der Waals surface area contributed by atoms with Gasteiger partial charge in [0.25, 0.3) is 11.5 Å². The average Bonchev–Trinajstić information content (AvgIpc) is 3.16. The normalized spacial score (nSPS) is 11.2. The summed E-state index contributed by atoms with van der Waals surface area (Å²) in [5.74, 6) is 0.200. The van der Waals surface area contributed by atoms with E-state index < -0.39 is 28.9 Å². The number of nitrogens with one attached hydrogen (secondary N) is 2. The van der Waals surface area contributed by atoms with Gasteiger partial charge in [-0.3, -0.25) is 9.59 Å². The molecule has 2 aromatic heterocycles. The summed E-state index contributed by atoms with van der Waals surface area (Å²) in [6.07, 6.45) is -4.14. The highest BCUT2D eigenvalue weighted by Gasteiger charge is 2.31. The standard InChI is InChI=1S/C19H15F3N2O5/c1-27-14-4-2-3-5-15(14)28-10-12-6-7-16(29-12)18(26)24-13-8-11(19(20,21)22)9-23-17(13)25/h2-9H,10H2,1H3,(H,23,25)(H,24,26). The minimum absolute atomic E-state index is 0.0161. The minimum Gasteiger partial charge on any atom is -0.493 e. The third-order valence-electron chi connectivity index (χ3n) is 3.80. The van der Waals surface area contributed by atoms with Gasteiger partial charge in [-0.2, -0.15) is 13.2 Å². The van der Waals surface area contributed by atoms with Crippen LogP contribution in [0.1, 0.15) is 21.9 Å². The van der Waals surface area contributed by atoms with Crippen LogP contribution in [0.2, 0.25) is 0 Å². The van der Waals surface area contributed by atoms with Gasteiger partial charge in [0.15, 0.2) is 17.3 Å². The van der Waals surface area contributed by atoms with Crippen LogP contribution >= 0.6 is 0 Å². The van der Waals surface area contributed by atoms with E-state index in [1.54, 1.807) is 24.3 Å². The predicted molar refractivity (Wildman–Crippen MR) is 96.1 cm³/mol. The van der Waals surface area contributed by atoms with Crippen molar-refractivity contribution in [1.29, 1.82) is 0 Å². The maximum atomic E-state index is 12.8. The molecule has 7 nitrogen and oxygen atoms in total. The summed E-state index contributed by atoms with van der Waals surface area (Å²) in [4.78, 5) is 25.8. The van der Waals surface area contributed by atoms with Crippen LogP contribution in [0.3, 0.4) is 0 Å². The summed E-state index contributed by atoms with van der Waals surface area (Å²) in [7, 11) is 1.49. The number of ether oxygens (including phenoxy) is 2. The number of benzene rings is 1. The van der Waals surface area contributed by atoms with Crippen LogP contribution in [-0.4, -0.2) is 18.0 Å². The van der Waals surface area contributed by atoms with E-state index in [0.29, 0.717) is 29.5 Å². The molecule has 2 N–H and O–H groups in total. The highest BCUT2D eigenvalue weighted by atomic mass is 19.4. The summed E-state index contributed by atoms with van der Waals surface area (Å²) in [6.45, 7) is -0.0161. The molecule has 29 heavy (non-hydrogen) atoms. The molecule has 0 aliphatic heterocycles. The molecule has 152 valence electrons. The third kappa shape index (κ3) is 4.78. The van der Waals surface area contributed by atoms with Crippen molar-refractivity contribution in [2.75, 3.05) is 12.4 Å². The third-order valence-corrected chi connectivity index (χ3v) is 3.80. The molecular formula is C19H15F3N2O5. The lowest BCUT2D eigenvalue weighted by molar-refractivity contribution is -0.137. The van der Waals surface area contributed by atoms with E-state index in [4.69, 9.17) is 13.9 Å². The molecule has 10 heteroatoms. The van der Waals surface area contributed by atoms with Crippen molar-refractivity contribution < 1.29 is 31.9 Å². The molecule has 0 unspecified atom stereocenters. The Balaban J connectivity index is 1.69. The number of alkyl halides is 3. The number of para-hydroxylation sites is 2. The topological polar surface area (TPSA) is 93.6 Å². The second-order valence-corrected chi connectivity index (χ2v) is 5.79. The van der Waals surface area contributed by atoms with Gasteiger partial charge in [-0.05, 0) is 30.3 Å². The first-order chi connectivity index (χ1) is 13.8. The van der Waals surface area contributed by atoms with Crippen LogP contribution in [0.4, 0.5) is 18.9 Å². The monoisotopic (exact) mass is 408 g/mol. The van der Waals surface area contributed by atoms with Gasteiger partial charge in [0.1, 0.15) is 18.1 Å². The Labute approximate surface area is 162 Å². The summed E-state index contributed by atoms with van der Waals surface area (Å²) in [5, 5.41) is 2.11. The van der Waals surface area contributed by atoms with E-state index in [2.05, 4.69) is 5.32 Å². The summed E-state index contributed by atoms with van der Waals surface area (Å²) in [5.41, 5.74) is -2.52. The number of hydrogen-bond acceptors (Lipinski definition) is 5. The van der Waals surface area contributed by atoms with Crippen molar-refractivity contribution in [3.8, 4) is 11.5 Å². The van der Waals surface area contributed by atoms with Gasteiger partial charge in [-0.25, -0.2) is 0 Å². The number of carbonyl (C=O) groups is 1. The van der Waals surface area contributed by atoms with E-state index in [0.717, 1.165) is 0 Å². The summed E-state index contributed by atoms with van der Waals surface area (Å²) < 4.78 is 54.4. The lowest BCUT2D eigenvalue weighted by Crippen LogP contribution is -2.21. The van der Waals surface area contributed by atoms with Crippen LogP contribution in [0.5, 0.6) is 11.5 Å². The number of hydrogen-bond donors (Lipinski definition) is 2. The van der Waals surface area contributed by atoms with Gasteiger partial charge in [-0.15, -0.1) is 0 Å². The second-order valence-electron chi connectivity index (χ2n) is 5.79. The Kier molecular flexibility index (Phi) is 5.62. The number of H-pyrrole nitrogens is 1. The molecule has 0 aliphatic rings. The van der Waals surface area contributed by atoms with Crippen LogP contribution in [0, 0.1) is 0 Å². The number of aromatic nitrogens is 1. The van der Waals surface area contributed by atoms with Crippen LogP contribution < -0.4 is 20.3 Å². The molecule has 0 bridgehead atoms. The Hall–Kier alpha value is -3.69. The van der Waals surface area contributed by atoms with Crippen LogP contribution in [0.15, 0.2) is 57.9 Å². The number of rotatable bonds is 6. The van der Waals surface area contributed by atoms with Crippen molar-refractivity contribution in [2.45, 2.75) is 12.8 Å². The van der Waals surface area contributed by atoms with Crippen LogP contribution in [-0.2, 0) is 12.8 Å². The fraction of sp³-hybridized carbons (Fsp3) is 0.158. The fourth-order valence-electron chi connectivity index (χ4n) is 2.39. The lowest BCUT2D eigenvalue weighted by Gasteiger charge is -2.09. The largest absolute Gasteiger partial charge is 0.493 e. The maximum Gasteiger partial charge on any atom is 0.417 e. The number of aromatic amines is 1. The molecule has 0 atom stereocenters. The molecule has 0 aliphatic carbocycles. The smallest absolute Gasteiger partial charge is 0.417 e. The molecule has 0 spiro atoms. The quantitative estimate of drug-likeness (QED) is 0.647. The fourth-order valence-corrected chi connectivity index (χ4v) is 2.39. The highest BCUT2D eigenvalue weighted by Crippen LogP contribution is 2.29. The van der Waals surface area contributed by atoms with Gasteiger partial charge in [0, 0.05) is 6.20 Å². The summed E-state index contributed by atoms with van der Waals surface area (Å²) >= 11 is 0. The first kappa shape index (κ1) is 20.1. The van der Waals surface area contributed by atoms with E-state index in [1.165, 1.54) is 19.2 Å². The zero-order valence-electron chi connectivity index (χ0n) is 15.0. The maximum absolute atomic E-state index is 12.8. The van der Waals surface area contributed by atoms with E-state index in [9.17, 15) is 22.8 Å². The zero-order valence-corrected chi connectivity index (χ0v) is 15.0. The Bertz CT molecular complexity index is 1070. The molecule has 3 aromatic rings. The zero-order chi connectivity index (χ0) is 21.0. The van der Waals surface area contributed by atoms with E-state index >= 15 is 0 Å². The molecular weight excluding hydrogens is 393 g/mol.